The molecule has 0 unspecified atom stereocenters. The molecule has 0 aliphatic rings. The van der Waals surface area contributed by atoms with Gasteiger partial charge >= 0.3 is 0 Å². The molecule has 0 fully saturated rings. The van der Waals surface area contributed by atoms with Crippen LogP contribution in [0.15, 0.2) is 48.8 Å². The topological polar surface area (TPSA) is 76.7 Å². The standard InChI is InChI=1S/C25H35N3O3S/c29-18-3-1-14-28(15-2-4-19-30)24-9-7-22(8-10-24)5-6-23-11-16-27(17-12-23)21-25(31)26-13-20-32/h5-12,16-17,29-30H,1-4,13-15,18-21H2,(H-,26,31,32)/p+1. The molecule has 0 aliphatic carbocycles. The van der Waals surface area contributed by atoms with E-state index in [0.29, 0.717) is 18.8 Å². The van der Waals surface area contributed by atoms with Gasteiger partial charge in [0.2, 0.25) is 6.54 Å². The minimum atomic E-state index is -0.0193. The van der Waals surface area contributed by atoms with E-state index in [2.05, 4.69) is 59.3 Å². The molecule has 0 aliphatic heterocycles. The Morgan fingerprint density at radius 3 is 2.00 bits per heavy atom. The Hall–Kier alpha value is -2.35. The second kappa shape index (κ2) is 15.5. The van der Waals surface area contributed by atoms with Gasteiger partial charge in [-0.2, -0.15) is 17.2 Å². The molecule has 0 saturated carbocycles. The Labute approximate surface area is 197 Å². The molecule has 1 heterocycles. The number of aliphatic hydroxyl groups is 2. The van der Waals surface area contributed by atoms with Crippen LogP contribution in [0.4, 0.5) is 5.69 Å². The van der Waals surface area contributed by atoms with Gasteiger partial charge in [-0.15, -0.1) is 0 Å². The monoisotopic (exact) mass is 458 g/mol. The van der Waals surface area contributed by atoms with Gasteiger partial charge in [0, 0.05) is 56.4 Å². The maximum atomic E-state index is 11.8. The molecule has 1 aromatic heterocycles. The van der Waals surface area contributed by atoms with E-state index in [4.69, 9.17) is 10.2 Å². The predicted octanol–water partition coefficient (Wildman–Crippen LogP) is 2.54. The molecule has 2 rings (SSSR count). The second-order valence-corrected chi connectivity index (χ2v) is 8.10. The third-order valence-electron chi connectivity index (χ3n) is 5.08. The van der Waals surface area contributed by atoms with Gasteiger partial charge in [-0.3, -0.25) is 4.79 Å². The molecule has 0 atom stereocenters. The van der Waals surface area contributed by atoms with Gasteiger partial charge < -0.3 is 20.4 Å². The molecule has 2 aromatic rings. The van der Waals surface area contributed by atoms with E-state index in [1.165, 1.54) is 0 Å². The summed E-state index contributed by atoms with van der Waals surface area (Å²) in [4.78, 5) is 14.1. The molecule has 1 amide bonds. The highest BCUT2D eigenvalue weighted by Crippen LogP contribution is 2.18. The third-order valence-corrected chi connectivity index (χ3v) is 5.30. The Morgan fingerprint density at radius 2 is 1.47 bits per heavy atom. The van der Waals surface area contributed by atoms with Crippen LogP contribution in [0.2, 0.25) is 0 Å². The number of nitrogens with one attached hydrogen (secondary N) is 1. The Morgan fingerprint density at radius 1 is 0.906 bits per heavy atom. The van der Waals surface area contributed by atoms with E-state index in [1.54, 1.807) is 0 Å². The van der Waals surface area contributed by atoms with Crippen molar-refractivity contribution in [3.8, 4) is 0 Å². The normalized spacial score (nSPS) is 11.1. The van der Waals surface area contributed by atoms with Gasteiger partial charge in [0.25, 0.3) is 5.91 Å². The number of amides is 1. The summed E-state index contributed by atoms with van der Waals surface area (Å²) in [6.07, 6.45) is 11.4. The van der Waals surface area contributed by atoms with Gasteiger partial charge in [0.15, 0.2) is 12.4 Å². The van der Waals surface area contributed by atoms with Crippen LogP contribution in [-0.4, -0.2) is 54.7 Å². The average Bonchev–Trinajstić information content (AvgIpc) is 2.82. The van der Waals surface area contributed by atoms with Gasteiger partial charge in [-0.05, 0) is 48.9 Å². The summed E-state index contributed by atoms with van der Waals surface area (Å²) in [6.45, 7) is 3.11. The van der Waals surface area contributed by atoms with Crippen LogP contribution in [0, 0.1) is 0 Å². The molecule has 3 N–H and O–H groups in total. The van der Waals surface area contributed by atoms with Gasteiger partial charge in [0.05, 0.1) is 0 Å². The molecule has 1 aromatic carbocycles. The number of carbonyl (C=O) groups excluding carboxylic acids is 1. The maximum absolute atomic E-state index is 11.8. The van der Waals surface area contributed by atoms with Crippen molar-refractivity contribution in [2.45, 2.75) is 32.2 Å². The zero-order valence-corrected chi connectivity index (χ0v) is 19.6. The highest BCUT2D eigenvalue weighted by molar-refractivity contribution is 7.80. The van der Waals surface area contributed by atoms with Gasteiger partial charge in [-0.25, -0.2) is 0 Å². The van der Waals surface area contributed by atoms with E-state index < -0.39 is 0 Å². The van der Waals surface area contributed by atoms with E-state index in [1.807, 2.05) is 29.1 Å². The van der Waals surface area contributed by atoms with E-state index in [9.17, 15) is 4.79 Å². The maximum Gasteiger partial charge on any atom is 0.286 e. The number of benzene rings is 1. The summed E-state index contributed by atoms with van der Waals surface area (Å²) in [5, 5.41) is 20.9. The number of anilines is 1. The largest absolute Gasteiger partial charge is 0.396 e. The zero-order valence-electron chi connectivity index (χ0n) is 18.7. The van der Waals surface area contributed by atoms with Crippen molar-refractivity contribution in [1.29, 1.82) is 0 Å². The summed E-state index contributed by atoms with van der Waals surface area (Å²) >= 11 is 4.09. The number of thiol groups is 1. The fourth-order valence-corrected chi connectivity index (χ4v) is 3.40. The minimum absolute atomic E-state index is 0.0193. The van der Waals surface area contributed by atoms with Gasteiger partial charge in [-0.1, -0.05) is 24.3 Å². The summed E-state index contributed by atoms with van der Waals surface area (Å²) in [5.41, 5.74) is 3.34. The number of hydrogen-bond acceptors (Lipinski definition) is 5. The summed E-state index contributed by atoms with van der Waals surface area (Å²) in [6, 6.07) is 12.4. The summed E-state index contributed by atoms with van der Waals surface area (Å²) in [5.74, 6) is 0.612. The van der Waals surface area contributed by atoms with Crippen LogP contribution < -0.4 is 14.8 Å². The molecular weight excluding hydrogens is 422 g/mol. The quantitative estimate of drug-likeness (QED) is 0.188. The van der Waals surface area contributed by atoms with Crippen molar-refractivity contribution in [2.24, 2.45) is 0 Å². The van der Waals surface area contributed by atoms with Crippen molar-refractivity contribution in [2.75, 3.05) is 43.5 Å². The first-order valence-electron chi connectivity index (χ1n) is 11.3. The number of rotatable bonds is 15. The number of nitrogens with zero attached hydrogens (tertiary/aromatic N) is 2. The predicted molar refractivity (Wildman–Crippen MR) is 134 cm³/mol. The number of aliphatic hydroxyl groups excluding tert-OH is 2. The SMILES string of the molecule is O=C(C[n+]1ccc(C=Cc2ccc(N(CCCCO)CCCCO)cc2)cc1)NCCS. The lowest BCUT2D eigenvalue weighted by molar-refractivity contribution is -0.684. The van der Waals surface area contributed by atoms with Crippen molar-refractivity contribution in [3.63, 3.8) is 0 Å². The number of pyridine rings is 1. The summed E-state index contributed by atoms with van der Waals surface area (Å²) in [7, 11) is 0. The number of aromatic nitrogens is 1. The smallest absolute Gasteiger partial charge is 0.286 e. The van der Waals surface area contributed by atoms with Crippen LogP contribution >= 0.6 is 12.6 Å². The van der Waals surface area contributed by atoms with Crippen LogP contribution in [0.25, 0.3) is 12.2 Å². The first-order valence-corrected chi connectivity index (χ1v) is 11.9. The number of carbonyl (C=O) groups is 1. The Kier molecular flexibility index (Phi) is 12.5. The lowest BCUT2D eigenvalue weighted by atomic mass is 10.1. The molecular formula is C25H36N3O3S+. The molecule has 7 heteroatoms. The van der Waals surface area contributed by atoms with Crippen LogP contribution in [0.3, 0.4) is 0 Å². The van der Waals surface area contributed by atoms with E-state index >= 15 is 0 Å². The van der Waals surface area contributed by atoms with Crippen LogP contribution in [0.5, 0.6) is 0 Å². The Bertz CT molecular complexity index is 800. The first-order chi connectivity index (χ1) is 15.7. The van der Waals surface area contributed by atoms with E-state index in [-0.39, 0.29) is 19.1 Å². The highest BCUT2D eigenvalue weighted by Gasteiger charge is 2.08. The number of unbranched alkanes of at least 4 members (excludes halogenated alkanes) is 2. The molecule has 32 heavy (non-hydrogen) atoms. The highest BCUT2D eigenvalue weighted by atomic mass is 32.1. The number of hydrogen-bond donors (Lipinski definition) is 4. The molecule has 0 saturated heterocycles. The summed E-state index contributed by atoms with van der Waals surface area (Å²) < 4.78 is 1.85. The van der Waals surface area contributed by atoms with Crippen molar-refractivity contribution in [3.05, 3.63) is 59.9 Å². The molecule has 0 radical (unpaired) electrons. The molecule has 6 nitrogen and oxygen atoms in total. The molecule has 0 bridgehead atoms. The van der Waals surface area contributed by atoms with Crippen molar-refractivity contribution in [1.82, 2.24) is 5.32 Å². The average molecular weight is 459 g/mol. The van der Waals surface area contributed by atoms with Crippen molar-refractivity contribution < 1.29 is 19.6 Å². The minimum Gasteiger partial charge on any atom is -0.396 e. The lowest BCUT2D eigenvalue weighted by Crippen LogP contribution is -2.42. The van der Waals surface area contributed by atoms with E-state index in [0.717, 1.165) is 55.6 Å². The van der Waals surface area contributed by atoms with Crippen molar-refractivity contribution >= 4 is 36.4 Å². The third kappa shape index (κ3) is 9.85. The van der Waals surface area contributed by atoms with Crippen LogP contribution in [-0.2, 0) is 11.3 Å². The fraction of sp³-hybridized carbons (Fsp3) is 0.440. The molecule has 174 valence electrons. The first kappa shape index (κ1) is 25.9. The zero-order chi connectivity index (χ0) is 23.0. The second-order valence-electron chi connectivity index (χ2n) is 7.65. The molecule has 0 spiro atoms. The van der Waals surface area contributed by atoms with Crippen LogP contribution in [0.1, 0.15) is 36.8 Å². The fourth-order valence-electron chi connectivity index (χ4n) is 3.29. The Balaban J connectivity index is 1.94. The van der Waals surface area contributed by atoms with Gasteiger partial charge in [0.1, 0.15) is 0 Å². The lowest BCUT2D eigenvalue weighted by Gasteiger charge is -2.25.